The topological polar surface area (TPSA) is 66.4 Å². The lowest BCUT2D eigenvalue weighted by Crippen LogP contribution is -2.37. The third-order valence-electron chi connectivity index (χ3n) is 2.85. The highest BCUT2D eigenvalue weighted by atomic mass is 35.5. The van der Waals surface area contributed by atoms with Crippen LogP contribution in [-0.4, -0.2) is 28.3 Å². The minimum absolute atomic E-state index is 0.0474. The molecular weight excluding hydrogens is 298 g/mol. The summed E-state index contributed by atoms with van der Waals surface area (Å²) in [6.45, 7) is 5.73. The fraction of sp³-hybridized carbons (Fsp3) is 0.429. The van der Waals surface area contributed by atoms with Crippen molar-refractivity contribution in [2.24, 2.45) is 0 Å². The first kappa shape index (κ1) is 16.9. The number of amides is 1. The average Bonchev–Trinajstić information content (AvgIpc) is 2.40. The van der Waals surface area contributed by atoms with E-state index < -0.39 is 5.97 Å². The van der Waals surface area contributed by atoms with Gasteiger partial charge >= 0.3 is 5.97 Å². The van der Waals surface area contributed by atoms with E-state index in [2.05, 4.69) is 5.32 Å². The maximum atomic E-state index is 11.9. The molecule has 1 aromatic carbocycles. The van der Waals surface area contributed by atoms with Gasteiger partial charge in [-0.05, 0) is 38.5 Å². The minimum Gasteiger partial charge on any atom is -0.478 e. The maximum Gasteiger partial charge on any atom is 0.337 e. The molecule has 0 bridgehead atoms. The molecule has 1 aromatic rings. The second-order valence-electron chi connectivity index (χ2n) is 4.52. The molecule has 0 heterocycles. The van der Waals surface area contributed by atoms with Crippen LogP contribution in [0.4, 0.5) is 0 Å². The minimum atomic E-state index is -1.07. The molecule has 0 radical (unpaired) electrons. The van der Waals surface area contributed by atoms with Gasteiger partial charge in [0.05, 0.1) is 15.8 Å². The molecule has 0 aliphatic rings. The second kappa shape index (κ2) is 7.55. The molecule has 2 unspecified atom stereocenters. The number of hydrogen-bond acceptors (Lipinski definition) is 3. The zero-order chi connectivity index (χ0) is 15.3. The molecule has 0 aliphatic carbocycles. The molecule has 4 nitrogen and oxygen atoms in total. The number of aromatic carboxylic acids is 1. The predicted molar refractivity (Wildman–Crippen MR) is 81.6 cm³/mol. The van der Waals surface area contributed by atoms with Gasteiger partial charge in [0.25, 0.3) is 0 Å². The second-order valence-corrected chi connectivity index (χ2v) is 6.35. The van der Waals surface area contributed by atoms with Crippen molar-refractivity contribution >= 4 is 35.2 Å². The third-order valence-corrected chi connectivity index (χ3v) is 4.27. The first-order valence-corrected chi connectivity index (χ1v) is 7.60. The summed E-state index contributed by atoms with van der Waals surface area (Å²) >= 11 is 7.12. The van der Waals surface area contributed by atoms with Crippen LogP contribution < -0.4 is 5.32 Å². The van der Waals surface area contributed by atoms with Crippen molar-refractivity contribution in [1.82, 2.24) is 5.32 Å². The SMILES string of the molecule is CCC(C)NC(=O)C(C)Sc1ccc(Cl)c(C(=O)O)c1. The van der Waals surface area contributed by atoms with Gasteiger partial charge < -0.3 is 10.4 Å². The monoisotopic (exact) mass is 315 g/mol. The smallest absolute Gasteiger partial charge is 0.337 e. The van der Waals surface area contributed by atoms with E-state index in [1.165, 1.54) is 23.9 Å². The lowest BCUT2D eigenvalue weighted by Gasteiger charge is -2.16. The van der Waals surface area contributed by atoms with Crippen molar-refractivity contribution in [2.45, 2.75) is 43.4 Å². The van der Waals surface area contributed by atoms with Crippen LogP contribution >= 0.6 is 23.4 Å². The Morgan fingerprint density at radius 2 is 2.05 bits per heavy atom. The van der Waals surface area contributed by atoms with Gasteiger partial charge in [0, 0.05) is 10.9 Å². The number of benzene rings is 1. The summed E-state index contributed by atoms with van der Waals surface area (Å²) in [5, 5.41) is 11.8. The number of rotatable bonds is 6. The van der Waals surface area contributed by atoms with E-state index in [0.717, 1.165) is 6.42 Å². The summed E-state index contributed by atoms with van der Waals surface area (Å²) < 4.78 is 0. The van der Waals surface area contributed by atoms with Gasteiger partial charge in [-0.3, -0.25) is 4.79 Å². The van der Waals surface area contributed by atoms with E-state index in [0.29, 0.717) is 4.90 Å². The molecule has 1 amide bonds. The molecule has 0 aliphatic heterocycles. The van der Waals surface area contributed by atoms with Crippen LogP contribution in [0.1, 0.15) is 37.6 Å². The maximum absolute atomic E-state index is 11.9. The Morgan fingerprint density at radius 1 is 1.40 bits per heavy atom. The molecule has 2 atom stereocenters. The largest absolute Gasteiger partial charge is 0.478 e. The van der Waals surface area contributed by atoms with E-state index in [1.807, 2.05) is 13.8 Å². The molecular formula is C14H18ClNO3S. The van der Waals surface area contributed by atoms with Crippen LogP contribution in [0, 0.1) is 0 Å². The molecule has 0 saturated heterocycles. The van der Waals surface area contributed by atoms with Crippen molar-refractivity contribution < 1.29 is 14.7 Å². The Hall–Kier alpha value is -1.20. The highest BCUT2D eigenvalue weighted by Gasteiger charge is 2.17. The zero-order valence-corrected chi connectivity index (χ0v) is 13.2. The summed E-state index contributed by atoms with van der Waals surface area (Å²) in [6.07, 6.45) is 0.868. The Morgan fingerprint density at radius 3 is 2.60 bits per heavy atom. The van der Waals surface area contributed by atoms with Gasteiger partial charge in [-0.25, -0.2) is 4.79 Å². The number of carbonyl (C=O) groups excluding carboxylic acids is 1. The Labute approximate surface area is 127 Å². The molecule has 20 heavy (non-hydrogen) atoms. The summed E-state index contributed by atoms with van der Waals surface area (Å²) in [6, 6.07) is 4.87. The number of hydrogen-bond donors (Lipinski definition) is 2. The van der Waals surface area contributed by atoms with Gasteiger partial charge in [-0.1, -0.05) is 18.5 Å². The number of carbonyl (C=O) groups is 2. The Balaban J connectivity index is 2.75. The number of nitrogens with one attached hydrogen (secondary N) is 1. The van der Waals surface area contributed by atoms with Crippen LogP contribution in [0.2, 0.25) is 5.02 Å². The lowest BCUT2D eigenvalue weighted by atomic mass is 10.2. The van der Waals surface area contributed by atoms with E-state index in [-0.39, 0.29) is 27.8 Å². The Kier molecular flexibility index (Phi) is 6.36. The van der Waals surface area contributed by atoms with Crippen LogP contribution in [0.5, 0.6) is 0 Å². The molecule has 1 rings (SSSR count). The number of thioether (sulfide) groups is 1. The Bertz CT molecular complexity index is 507. The van der Waals surface area contributed by atoms with E-state index in [4.69, 9.17) is 16.7 Å². The van der Waals surface area contributed by atoms with Crippen molar-refractivity contribution in [3.05, 3.63) is 28.8 Å². The van der Waals surface area contributed by atoms with Gasteiger partial charge in [0.2, 0.25) is 5.91 Å². The average molecular weight is 316 g/mol. The summed E-state index contributed by atoms with van der Waals surface area (Å²) in [7, 11) is 0. The first-order valence-electron chi connectivity index (χ1n) is 6.35. The molecule has 0 fully saturated rings. The van der Waals surface area contributed by atoms with Gasteiger partial charge in [-0.15, -0.1) is 11.8 Å². The number of carboxylic acids is 1. The van der Waals surface area contributed by atoms with Crippen molar-refractivity contribution in [3.8, 4) is 0 Å². The van der Waals surface area contributed by atoms with Gasteiger partial charge in [-0.2, -0.15) is 0 Å². The molecule has 0 saturated carbocycles. The number of carboxylic acid groups (broad SMARTS) is 1. The van der Waals surface area contributed by atoms with Crippen molar-refractivity contribution in [3.63, 3.8) is 0 Å². The fourth-order valence-electron chi connectivity index (χ4n) is 1.46. The zero-order valence-electron chi connectivity index (χ0n) is 11.6. The quantitative estimate of drug-likeness (QED) is 0.789. The van der Waals surface area contributed by atoms with Gasteiger partial charge in [0.1, 0.15) is 0 Å². The van der Waals surface area contributed by atoms with E-state index in [1.54, 1.807) is 13.0 Å². The number of halogens is 1. The van der Waals surface area contributed by atoms with Crippen LogP contribution in [0.3, 0.4) is 0 Å². The van der Waals surface area contributed by atoms with Crippen LogP contribution in [0.15, 0.2) is 23.1 Å². The fourth-order valence-corrected chi connectivity index (χ4v) is 2.58. The van der Waals surface area contributed by atoms with Crippen LogP contribution in [0.25, 0.3) is 0 Å². The van der Waals surface area contributed by atoms with E-state index in [9.17, 15) is 9.59 Å². The van der Waals surface area contributed by atoms with Crippen molar-refractivity contribution in [1.29, 1.82) is 0 Å². The van der Waals surface area contributed by atoms with Gasteiger partial charge in [0.15, 0.2) is 0 Å². The molecule has 0 spiro atoms. The molecule has 2 N–H and O–H groups in total. The first-order chi connectivity index (χ1) is 9.35. The molecule has 0 aromatic heterocycles. The standard InChI is InChI=1S/C14H18ClNO3S/c1-4-8(2)16-13(17)9(3)20-10-5-6-12(15)11(7-10)14(18)19/h5-9H,4H2,1-3H3,(H,16,17)(H,18,19). The summed E-state index contributed by atoms with van der Waals surface area (Å²) in [4.78, 5) is 23.6. The molecule has 6 heteroatoms. The van der Waals surface area contributed by atoms with Crippen molar-refractivity contribution in [2.75, 3.05) is 0 Å². The third kappa shape index (κ3) is 4.72. The normalized spacial score (nSPS) is 13.6. The van der Waals surface area contributed by atoms with Crippen LogP contribution in [-0.2, 0) is 4.79 Å². The summed E-state index contributed by atoms with van der Waals surface area (Å²) in [5.74, 6) is -1.13. The van der Waals surface area contributed by atoms with E-state index >= 15 is 0 Å². The summed E-state index contributed by atoms with van der Waals surface area (Å²) in [5.41, 5.74) is 0.0474. The lowest BCUT2D eigenvalue weighted by molar-refractivity contribution is -0.120. The molecule has 110 valence electrons. The highest BCUT2D eigenvalue weighted by molar-refractivity contribution is 8.00. The highest BCUT2D eigenvalue weighted by Crippen LogP contribution is 2.27. The predicted octanol–water partition coefficient (Wildman–Crippen LogP) is 3.43.